The maximum Gasteiger partial charge on any atom is 0.132 e. The van der Waals surface area contributed by atoms with E-state index < -0.39 is 0 Å². The Morgan fingerprint density at radius 2 is 1.64 bits per heavy atom. The molecule has 0 nitrogen and oxygen atoms in total. The smallest absolute Gasteiger partial charge is 0.0372 e. The summed E-state index contributed by atoms with van der Waals surface area (Å²) in [5, 5.41) is 0. The molecule has 0 heterocycles. The van der Waals surface area contributed by atoms with Gasteiger partial charge in [0.2, 0.25) is 0 Å². The molecule has 0 saturated carbocycles. The van der Waals surface area contributed by atoms with Crippen LogP contribution in [0, 0.1) is 19.8 Å². The van der Waals surface area contributed by atoms with Crippen LogP contribution in [0.25, 0.3) is 0 Å². The summed E-state index contributed by atoms with van der Waals surface area (Å²) >= 11 is 0. The summed E-state index contributed by atoms with van der Waals surface area (Å²) in [6.45, 7) is 8.58. The number of rotatable bonds is 1. The fourth-order valence-electron chi connectivity index (χ4n) is 1.05. The van der Waals surface area contributed by atoms with Crippen molar-refractivity contribution in [3.05, 3.63) is 40.8 Å². The van der Waals surface area contributed by atoms with Gasteiger partial charge in [0.05, 0.1) is 0 Å². The van der Waals surface area contributed by atoms with Crippen molar-refractivity contribution in [3.63, 3.8) is 0 Å². The highest BCUT2D eigenvalue weighted by Gasteiger charge is 2.08. The van der Waals surface area contributed by atoms with E-state index in [4.69, 9.17) is 0 Å². The van der Waals surface area contributed by atoms with Gasteiger partial charge in [-0.15, -0.1) is 0 Å². The van der Waals surface area contributed by atoms with E-state index in [1.807, 2.05) is 0 Å². The second-order valence-electron chi connectivity index (χ2n) is 3.30. The van der Waals surface area contributed by atoms with Crippen LogP contribution in [-0.4, -0.2) is 0 Å². The lowest BCUT2D eigenvalue weighted by Gasteiger charge is -1.99. The summed E-state index contributed by atoms with van der Waals surface area (Å²) in [6.07, 6.45) is 0. The third kappa shape index (κ3) is 1.76. The molecule has 1 aromatic carbocycles. The van der Waals surface area contributed by atoms with Gasteiger partial charge in [0.15, 0.2) is 0 Å². The minimum Gasteiger partial charge on any atom is -0.0372 e. The molecule has 0 bridgehead atoms. The van der Waals surface area contributed by atoms with Crippen LogP contribution in [0.4, 0.5) is 0 Å². The summed E-state index contributed by atoms with van der Waals surface area (Å²) in [7, 11) is 0. The Labute approximate surface area is 69.3 Å². The molecule has 0 spiro atoms. The largest absolute Gasteiger partial charge is 0.132 e. The first-order valence-electron chi connectivity index (χ1n) is 3.99. The predicted octanol–water partition coefficient (Wildman–Crippen LogP) is 3.27. The van der Waals surface area contributed by atoms with Crippen molar-refractivity contribution in [1.29, 1.82) is 0 Å². The zero-order valence-electron chi connectivity index (χ0n) is 7.73. The zero-order valence-corrected chi connectivity index (χ0v) is 7.73. The van der Waals surface area contributed by atoms with Crippen LogP contribution in [0.15, 0.2) is 18.2 Å². The van der Waals surface area contributed by atoms with Gasteiger partial charge in [-0.05, 0) is 25.5 Å². The van der Waals surface area contributed by atoms with Crippen molar-refractivity contribution in [2.75, 3.05) is 0 Å². The summed E-state index contributed by atoms with van der Waals surface area (Å²) in [4.78, 5) is 0. The summed E-state index contributed by atoms with van der Waals surface area (Å²) in [5.41, 5.74) is 4.10. The molecule has 0 aromatic heterocycles. The van der Waals surface area contributed by atoms with Crippen LogP contribution in [0.5, 0.6) is 0 Å². The van der Waals surface area contributed by atoms with Gasteiger partial charge in [0, 0.05) is 37.5 Å². The highest BCUT2D eigenvalue weighted by Crippen LogP contribution is 2.16. The van der Waals surface area contributed by atoms with Crippen LogP contribution in [0.1, 0.15) is 30.5 Å². The van der Waals surface area contributed by atoms with E-state index in [1.165, 1.54) is 22.6 Å². The van der Waals surface area contributed by atoms with Gasteiger partial charge in [-0.25, -0.2) is 0 Å². The molecule has 0 heteroatoms. The third-order valence-electron chi connectivity index (χ3n) is 2.08. The van der Waals surface area contributed by atoms with Gasteiger partial charge in [-0.1, -0.05) is 0 Å². The molecule has 0 atom stereocenters. The molecule has 0 amide bonds. The summed E-state index contributed by atoms with van der Waals surface area (Å²) in [6, 6.07) is 6.60. The first kappa shape index (κ1) is 8.19. The topological polar surface area (TPSA) is 0 Å². The van der Waals surface area contributed by atoms with E-state index >= 15 is 0 Å². The molecular formula is C11H15+. The van der Waals surface area contributed by atoms with Crippen LogP contribution < -0.4 is 0 Å². The second kappa shape index (κ2) is 3.00. The van der Waals surface area contributed by atoms with Crippen molar-refractivity contribution in [1.82, 2.24) is 0 Å². The van der Waals surface area contributed by atoms with Crippen LogP contribution in [0.3, 0.4) is 0 Å². The Bertz CT molecular complexity index is 246. The minimum atomic E-state index is 1.35. The monoisotopic (exact) mass is 147 g/mol. The molecule has 1 rings (SSSR count). The van der Waals surface area contributed by atoms with Gasteiger partial charge in [-0.3, -0.25) is 0 Å². The molecule has 1 aromatic rings. The number of hydrogen-bond acceptors (Lipinski definition) is 0. The van der Waals surface area contributed by atoms with Gasteiger partial charge >= 0.3 is 0 Å². The number of aryl methyl sites for hydroxylation is 2. The van der Waals surface area contributed by atoms with Gasteiger partial charge in [-0.2, -0.15) is 0 Å². The second-order valence-corrected chi connectivity index (χ2v) is 3.30. The van der Waals surface area contributed by atoms with Crippen LogP contribution in [-0.2, 0) is 0 Å². The first-order valence-corrected chi connectivity index (χ1v) is 3.99. The Morgan fingerprint density at radius 1 is 1.00 bits per heavy atom. The van der Waals surface area contributed by atoms with E-state index in [0.29, 0.717) is 0 Å². The lowest BCUT2D eigenvalue weighted by Crippen LogP contribution is -1.90. The third-order valence-corrected chi connectivity index (χ3v) is 2.08. The zero-order chi connectivity index (χ0) is 8.43. The van der Waals surface area contributed by atoms with Crippen molar-refractivity contribution in [2.24, 2.45) is 0 Å². The first-order chi connectivity index (χ1) is 5.11. The fraction of sp³-hybridized carbons (Fsp3) is 0.364. The highest BCUT2D eigenvalue weighted by atomic mass is 14.0. The maximum absolute atomic E-state index is 2.24. The van der Waals surface area contributed by atoms with Crippen molar-refractivity contribution in [2.45, 2.75) is 27.7 Å². The molecule has 0 saturated heterocycles. The minimum absolute atomic E-state index is 1.35. The molecule has 58 valence electrons. The maximum atomic E-state index is 2.24. The Morgan fingerprint density at radius 3 is 2.09 bits per heavy atom. The molecule has 0 aliphatic carbocycles. The fourth-order valence-corrected chi connectivity index (χ4v) is 1.05. The molecule has 0 radical (unpaired) electrons. The van der Waals surface area contributed by atoms with E-state index in [0.717, 1.165) is 0 Å². The molecule has 0 N–H and O–H groups in total. The normalized spacial score (nSPS) is 9.82. The average Bonchev–Trinajstić information content (AvgIpc) is 1.94. The van der Waals surface area contributed by atoms with Gasteiger partial charge in [0.25, 0.3) is 0 Å². The van der Waals surface area contributed by atoms with E-state index in [2.05, 4.69) is 45.9 Å². The van der Waals surface area contributed by atoms with Crippen LogP contribution in [0.2, 0.25) is 0 Å². The molecule has 11 heavy (non-hydrogen) atoms. The standard InChI is InChI=1S/C11H15/c1-8(2)11-6-5-9(3)10(4)7-11/h5-7H,1-4H3/q+1. The van der Waals surface area contributed by atoms with Crippen LogP contribution >= 0.6 is 0 Å². The Balaban J connectivity index is 3.05. The quantitative estimate of drug-likeness (QED) is 0.535. The molecule has 0 aliphatic heterocycles. The SMILES string of the molecule is Cc1ccc([C+](C)C)cc1C. The molecular weight excluding hydrogens is 132 g/mol. The van der Waals surface area contributed by atoms with Crippen molar-refractivity contribution >= 4 is 0 Å². The Kier molecular flexibility index (Phi) is 2.23. The van der Waals surface area contributed by atoms with E-state index in [9.17, 15) is 0 Å². The number of benzene rings is 1. The van der Waals surface area contributed by atoms with E-state index in [-0.39, 0.29) is 0 Å². The lowest BCUT2D eigenvalue weighted by atomic mass is 9.99. The van der Waals surface area contributed by atoms with E-state index in [1.54, 1.807) is 0 Å². The number of hydrogen-bond donors (Lipinski definition) is 0. The van der Waals surface area contributed by atoms with Crippen molar-refractivity contribution < 1.29 is 0 Å². The summed E-state index contributed by atoms with van der Waals surface area (Å²) < 4.78 is 0. The molecule has 0 aliphatic rings. The molecule has 0 unspecified atom stereocenters. The van der Waals surface area contributed by atoms with Gasteiger partial charge in [0.1, 0.15) is 5.56 Å². The predicted molar refractivity (Wildman–Crippen MR) is 49.6 cm³/mol. The van der Waals surface area contributed by atoms with Gasteiger partial charge < -0.3 is 0 Å². The molecule has 0 fully saturated rings. The van der Waals surface area contributed by atoms with Crippen molar-refractivity contribution in [3.8, 4) is 0 Å². The highest BCUT2D eigenvalue weighted by molar-refractivity contribution is 5.36. The average molecular weight is 147 g/mol. The lowest BCUT2D eigenvalue weighted by molar-refractivity contribution is 1.13. The Hall–Kier alpha value is -0.910. The summed E-state index contributed by atoms with van der Waals surface area (Å²) in [5.74, 6) is 1.38.